The predicted molar refractivity (Wildman–Crippen MR) is 63.5 cm³/mol. The number of hydrogen-bond acceptors (Lipinski definition) is 3. The Balaban J connectivity index is 2.32. The number of halogens is 1. The molecule has 1 fully saturated rings. The fourth-order valence-electron chi connectivity index (χ4n) is 1.71. The molecule has 0 aromatic heterocycles. The summed E-state index contributed by atoms with van der Waals surface area (Å²) in [5.74, 6) is 0. The lowest BCUT2D eigenvalue weighted by atomic mass is 10.3. The van der Waals surface area contributed by atoms with Crippen LogP contribution >= 0.6 is 15.9 Å². The van der Waals surface area contributed by atoms with Crippen LogP contribution < -0.4 is 0 Å². The first-order valence-electron chi connectivity index (χ1n) is 4.94. The molecular weight excluding hydrogens is 294 g/mol. The quantitative estimate of drug-likeness (QED) is 0.893. The minimum atomic E-state index is -3.45. The van der Waals surface area contributed by atoms with E-state index in [1.165, 1.54) is 4.31 Å². The molecule has 0 bridgehead atoms. The molecule has 1 atom stereocenters. The van der Waals surface area contributed by atoms with Crippen molar-refractivity contribution in [2.24, 2.45) is 0 Å². The molecule has 1 N–H and O–H groups in total. The first kappa shape index (κ1) is 12.0. The highest BCUT2D eigenvalue weighted by atomic mass is 79.9. The van der Waals surface area contributed by atoms with Crippen molar-refractivity contribution in [1.29, 1.82) is 0 Å². The Labute approximate surface area is 103 Å². The van der Waals surface area contributed by atoms with Crippen LogP contribution in [0.15, 0.2) is 33.6 Å². The molecule has 0 aliphatic carbocycles. The second-order valence-electron chi connectivity index (χ2n) is 3.76. The number of rotatable bonds is 2. The summed E-state index contributed by atoms with van der Waals surface area (Å²) in [4.78, 5) is 0.260. The lowest BCUT2D eigenvalue weighted by Crippen LogP contribution is -2.29. The summed E-state index contributed by atoms with van der Waals surface area (Å²) in [5.41, 5.74) is 0. The molecule has 1 aromatic carbocycles. The van der Waals surface area contributed by atoms with Crippen molar-refractivity contribution in [2.45, 2.75) is 17.4 Å². The molecule has 16 heavy (non-hydrogen) atoms. The molecule has 88 valence electrons. The lowest BCUT2D eigenvalue weighted by molar-refractivity contribution is 0.189. The van der Waals surface area contributed by atoms with Crippen LogP contribution in [0.4, 0.5) is 0 Å². The van der Waals surface area contributed by atoms with E-state index in [1.54, 1.807) is 24.3 Å². The molecule has 0 saturated carbocycles. The van der Waals surface area contributed by atoms with Gasteiger partial charge in [-0.15, -0.1) is 0 Å². The Bertz CT molecular complexity index is 489. The highest BCUT2D eigenvalue weighted by Gasteiger charge is 2.31. The maximum atomic E-state index is 12.1. The number of aliphatic hydroxyl groups excluding tert-OH is 1. The summed E-state index contributed by atoms with van der Waals surface area (Å²) in [7, 11) is -3.45. The summed E-state index contributed by atoms with van der Waals surface area (Å²) < 4.78 is 26.3. The van der Waals surface area contributed by atoms with Crippen LogP contribution in [0.25, 0.3) is 0 Å². The summed E-state index contributed by atoms with van der Waals surface area (Å²) in [5, 5.41) is 9.35. The number of hydrogen-bond donors (Lipinski definition) is 1. The average molecular weight is 306 g/mol. The maximum absolute atomic E-state index is 12.1. The average Bonchev–Trinajstić information content (AvgIpc) is 2.65. The zero-order valence-corrected chi connectivity index (χ0v) is 10.9. The topological polar surface area (TPSA) is 57.6 Å². The smallest absolute Gasteiger partial charge is 0.243 e. The van der Waals surface area contributed by atoms with Crippen LogP contribution in [-0.4, -0.2) is 37.0 Å². The zero-order valence-electron chi connectivity index (χ0n) is 8.51. The van der Waals surface area contributed by atoms with Gasteiger partial charge in [0.25, 0.3) is 0 Å². The molecule has 1 unspecified atom stereocenters. The summed E-state index contributed by atoms with van der Waals surface area (Å²) >= 11 is 3.24. The van der Waals surface area contributed by atoms with Gasteiger partial charge in [-0.1, -0.05) is 22.0 Å². The minimum Gasteiger partial charge on any atom is -0.392 e. The Morgan fingerprint density at radius 3 is 2.75 bits per heavy atom. The second-order valence-corrected chi connectivity index (χ2v) is 6.62. The highest BCUT2D eigenvalue weighted by Crippen LogP contribution is 2.23. The number of nitrogens with zero attached hydrogens (tertiary/aromatic N) is 1. The van der Waals surface area contributed by atoms with Crippen LogP contribution in [0.5, 0.6) is 0 Å². The van der Waals surface area contributed by atoms with Crippen LogP contribution in [0, 0.1) is 0 Å². The Kier molecular flexibility index (Phi) is 3.34. The molecule has 4 nitrogen and oxygen atoms in total. The van der Waals surface area contributed by atoms with Crippen LogP contribution in [-0.2, 0) is 10.0 Å². The van der Waals surface area contributed by atoms with Gasteiger partial charge in [-0.05, 0) is 24.6 Å². The first-order valence-corrected chi connectivity index (χ1v) is 7.17. The first-order chi connectivity index (χ1) is 7.50. The fourth-order valence-corrected chi connectivity index (χ4v) is 3.79. The van der Waals surface area contributed by atoms with Gasteiger partial charge in [0.05, 0.1) is 11.0 Å². The predicted octanol–water partition coefficient (Wildman–Crippen LogP) is 1.20. The van der Waals surface area contributed by atoms with Gasteiger partial charge < -0.3 is 5.11 Å². The third kappa shape index (κ3) is 2.29. The van der Waals surface area contributed by atoms with E-state index in [0.717, 1.165) is 4.47 Å². The number of benzene rings is 1. The molecule has 1 aliphatic rings. The number of aliphatic hydroxyl groups is 1. The van der Waals surface area contributed by atoms with Gasteiger partial charge in [-0.25, -0.2) is 8.42 Å². The molecule has 0 radical (unpaired) electrons. The normalized spacial score (nSPS) is 22.5. The van der Waals surface area contributed by atoms with Crippen molar-refractivity contribution in [2.75, 3.05) is 13.1 Å². The van der Waals surface area contributed by atoms with Crippen molar-refractivity contribution >= 4 is 26.0 Å². The summed E-state index contributed by atoms with van der Waals surface area (Å²) in [6.45, 7) is 0.574. The molecule has 1 saturated heterocycles. The third-order valence-electron chi connectivity index (χ3n) is 2.56. The fraction of sp³-hybridized carbons (Fsp3) is 0.400. The van der Waals surface area contributed by atoms with Gasteiger partial charge in [-0.3, -0.25) is 0 Å². The largest absolute Gasteiger partial charge is 0.392 e. The van der Waals surface area contributed by atoms with E-state index in [1.807, 2.05) is 0 Å². The molecular formula is C10H12BrNO3S. The molecule has 1 heterocycles. The van der Waals surface area contributed by atoms with E-state index >= 15 is 0 Å². The van der Waals surface area contributed by atoms with Gasteiger partial charge in [0.1, 0.15) is 0 Å². The number of β-amino-alcohol motifs (C(OH)–C–C–N with tert-alkyl or cyclic N) is 1. The van der Waals surface area contributed by atoms with Crippen LogP contribution in [0.2, 0.25) is 0 Å². The van der Waals surface area contributed by atoms with Crippen molar-refractivity contribution in [3.05, 3.63) is 28.7 Å². The molecule has 6 heteroatoms. The summed E-state index contributed by atoms with van der Waals surface area (Å²) in [6, 6.07) is 6.59. The Morgan fingerprint density at radius 2 is 2.19 bits per heavy atom. The van der Waals surface area contributed by atoms with E-state index in [4.69, 9.17) is 0 Å². The maximum Gasteiger partial charge on any atom is 0.243 e. The van der Waals surface area contributed by atoms with E-state index < -0.39 is 16.1 Å². The molecule has 0 spiro atoms. The SMILES string of the molecule is O=S(=O)(c1cccc(Br)c1)N1CCC(O)C1. The second kappa shape index (κ2) is 4.44. The minimum absolute atomic E-state index is 0.189. The van der Waals surface area contributed by atoms with Crippen molar-refractivity contribution < 1.29 is 13.5 Å². The van der Waals surface area contributed by atoms with E-state index in [0.29, 0.717) is 13.0 Å². The van der Waals surface area contributed by atoms with Gasteiger partial charge >= 0.3 is 0 Å². The highest BCUT2D eigenvalue weighted by molar-refractivity contribution is 9.10. The van der Waals surface area contributed by atoms with Crippen LogP contribution in [0.1, 0.15) is 6.42 Å². The number of sulfonamides is 1. The van der Waals surface area contributed by atoms with Gasteiger partial charge in [0.2, 0.25) is 10.0 Å². The van der Waals surface area contributed by atoms with E-state index in [-0.39, 0.29) is 11.4 Å². The van der Waals surface area contributed by atoms with Gasteiger partial charge in [-0.2, -0.15) is 4.31 Å². The lowest BCUT2D eigenvalue weighted by Gasteiger charge is -2.15. The Hall–Kier alpha value is -0.430. The van der Waals surface area contributed by atoms with Crippen LogP contribution in [0.3, 0.4) is 0 Å². The summed E-state index contributed by atoms with van der Waals surface area (Å²) in [6.07, 6.45) is -0.0327. The molecule has 1 aromatic rings. The van der Waals surface area contributed by atoms with Crippen molar-refractivity contribution in [1.82, 2.24) is 4.31 Å². The Morgan fingerprint density at radius 1 is 1.44 bits per heavy atom. The van der Waals surface area contributed by atoms with Crippen molar-refractivity contribution in [3.8, 4) is 0 Å². The zero-order chi connectivity index (χ0) is 11.8. The van der Waals surface area contributed by atoms with Gasteiger partial charge in [0.15, 0.2) is 0 Å². The monoisotopic (exact) mass is 305 g/mol. The van der Waals surface area contributed by atoms with Crippen molar-refractivity contribution in [3.63, 3.8) is 0 Å². The standard InChI is InChI=1S/C10H12BrNO3S/c11-8-2-1-3-10(6-8)16(14,15)12-5-4-9(13)7-12/h1-3,6,9,13H,4-5,7H2. The van der Waals surface area contributed by atoms with E-state index in [2.05, 4.69) is 15.9 Å². The third-order valence-corrected chi connectivity index (χ3v) is 4.91. The van der Waals surface area contributed by atoms with E-state index in [9.17, 15) is 13.5 Å². The molecule has 0 amide bonds. The van der Waals surface area contributed by atoms with Gasteiger partial charge in [0, 0.05) is 17.6 Å². The molecule has 2 rings (SSSR count). The molecule has 1 aliphatic heterocycles.